The number of hydrogen-bond acceptors (Lipinski definition) is 8. The molecule has 2 fully saturated rings. The van der Waals surface area contributed by atoms with Crippen LogP contribution >= 0.6 is 93.1 Å². The van der Waals surface area contributed by atoms with E-state index < -0.39 is 11.8 Å². The molecule has 0 spiro atoms. The zero-order valence-corrected chi connectivity index (χ0v) is 26.9. The molecule has 0 radical (unpaired) electrons. The molecule has 0 aliphatic carbocycles. The van der Waals surface area contributed by atoms with Gasteiger partial charge in [-0.25, -0.2) is 0 Å². The van der Waals surface area contributed by atoms with E-state index in [4.69, 9.17) is 24.4 Å². The third-order valence-electron chi connectivity index (χ3n) is 5.25. The van der Waals surface area contributed by atoms with Gasteiger partial charge in [-0.2, -0.15) is 0 Å². The van der Waals surface area contributed by atoms with Crippen LogP contribution in [0.1, 0.15) is 12.8 Å². The van der Waals surface area contributed by atoms with Crippen molar-refractivity contribution in [3.63, 3.8) is 0 Å². The molecular weight excluding hydrogens is 790 g/mol. The molecule has 2 heterocycles. The summed E-state index contributed by atoms with van der Waals surface area (Å²) in [5.41, 5.74) is 1.34. The van der Waals surface area contributed by atoms with Gasteiger partial charge < -0.3 is 10.6 Å². The molecule has 14 heteroatoms. The molecule has 8 nitrogen and oxygen atoms in total. The highest BCUT2D eigenvalue weighted by molar-refractivity contribution is 14.1. The van der Waals surface area contributed by atoms with Gasteiger partial charge >= 0.3 is 0 Å². The topological polar surface area (TPSA) is 98.8 Å². The van der Waals surface area contributed by atoms with E-state index in [1.807, 2.05) is 36.4 Å². The van der Waals surface area contributed by atoms with E-state index in [0.717, 1.165) is 30.7 Å². The van der Waals surface area contributed by atoms with Gasteiger partial charge in [0, 0.05) is 44.4 Å². The number of halogens is 2. The summed E-state index contributed by atoms with van der Waals surface area (Å²) in [6.07, 6.45) is 0.0868. The Morgan fingerprint density at radius 1 is 0.737 bits per heavy atom. The number of rotatable bonds is 8. The SMILES string of the molecule is O=C(CCN1C(=O)/C(=C2\SC(=S)N(CCC(=O)Nc3cccc(I)c3)C2=O)SC1=S)Nc1cccc(I)c1. The van der Waals surface area contributed by atoms with Crippen molar-refractivity contribution < 1.29 is 19.2 Å². The van der Waals surface area contributed by atoms with E-state index in [0.29, 0.717) is 11.4 Å². The van der Waals surface area contributed by atoms with Crippen LogP contribution in [0.3, 0.4) is 0 Å². The van der Waals surface area contributed by atoms with Crippen LogP contribution in [-0.2, 0) is 19.2 Å². The Morgan fingerprint density at radius 3 is 1.50 bits per heavy atom. The van der Waals surface area contributed by atoms with Gasteiger partial charge in [-0.3, -0.25) is 29.0 Å². The minimum Gasteiger partial charge on any atom is -0.326 e. The van der Waals surface area contributed by atoms with Crippen molar-refractivity contribution in [1.29, 1.82) is 0 Å². The molecular formula is C24H18I2N4O4S4. The molecule has 2 aliphatic rings. The number of anilines is 2. The first kappa shape index (κ1) is 29.4. The van der Waals surface area contributed by atoms with Crippen LogP contribution in [-0.4, -0.2) is 55.2 Å². The second-order valence-electron chi connectivity index (χ2n) is 7.92. The summed E-state index contributed by atoms with van der Waals surface area (Å²) in [4.78, 5) is 54.0. The molecule has 0 saturated carbocycles. The zero-order valence-electron chi connectivity index (χ0n) is 19.4. The fraction of sp³-hybridized carbons (Fsp3) is 0.167. The number of thiocarbonyl (C=S) groups is 2. The van der Waals surface area contributed by atoms with E-state index in [1.54, 1.807) is 12.1 Å². The summed E-state index contributed by atoms with van der Waals surface area (Å²) in [7, 11) is 0. The highest BCUT2D eigenvalue weighted by Crippen LogP contribution is 2.42. The smallest absolute Gasteiger partial charge is 0.267 e. The van der Waals surface area contributed by atoms with Crippen molar-refractivity contribution in [2.45, 2.75) is 12.8 Å². The number of amides is 4. The average Bonchev–Trinajstić information content (AvgIpc) is 3.29. The Bertz CT molecular complexity index is 1300. The standard InChI is InChI=1S/C24H18I2N4O4S4/c25-13-3-1-5-15(11-13)27-17(31)7-9-29-21(33)19(37-23(29)35)20-22(34)30(24(36)38-20)10-8-18(32)28-16-6-2-4-14(26)12-16/h1-6,11-12H,7-10H2,(H,27,31)(H,28,32)/b20-19+. The molecule has 0 unspecified atom stereocenters. The van der Waals surface area contributed by atoms with Gasteiger partial charge in [0.1, 0.15) is 8.64 Å². The maximum absolute atomic E-state index is 13.1. The molecule has 4 amide bonds. The summed E-state index contributed by atoms with van der Waals surface area (Å²) < 4.78 is 2.52. The first-order valence-corrected chi connectivity index (χ1v) is 15.7. The Labute approximate surface area is 265 Å². The fourth-order valence-corrected chi connectivity index (χ4v) is 7.32. The Balaban J connectivity index is 1.35. The third kappa shape index (κ3) is 7.32. The molecule has 4 rings (SSSR count). The van der Waals surface area contributed by atoms with Crippen LogP contribution in [0.5, 0.6) is 0 Å². The molecule has 2 aromatic carbocycles. The predicted octanol–water partition coefficient (Wildman–Crippen LogP) is 5.19. The van der Waals surface area contributed by atoms with Crippen molar-refractivity contribution in [2.24, 2.45) is 0 Å². The molecule has 0 atom stereocenters. The summed E-state index contributed by atoms with van der Waals surface area (Å²) in [5, 5.41) is 5.61. The minimum absolute atomic E-state index is 0.0434. The molecule has 2 saturated heterocycles. The number of hydrogen-bond donors (Lipinski definition) is 2. The van der Waals surface area contributed by atoms with Crippen LogP contribution in [0.2, 0.25) is 0 Å². The summed E-state index contributed by atoms with van der Waals surface area (Å²) in [6.45, 7) is 0.172. The fourth-order valence-electron chi connectivity index (χ4n) is 3.46. The molecule has 0 aromatic heterocycles. The maximum Gasteiger partial charge on any atom is 0.267 e. The van der Waals surface area contributed by atoms with Crippen LogP contribution in [0.25, 0.3) is 0 Å². The summed E-state index contributed by atoms with van der Waals surface area (Å²) >= 11 is 17.1. The molecule has 2 N–H and O–H groups in total. The summed E-state index contributed by atoms with van der Waals surface area (Å²) in [5.74, 6) is -1.37. The number of thioether (sulfide) groups is 2. The zero-order chi connectivity index (χ0) is 27.4. The molecule has 0 bridgehead atoms. The average molecular weight is 809 g/mol. The highest BCUT2D eigenvalue weighted by atomic mass is 127. The summed E-state index contributed by atoms with van der Waals surface area (Å²) in [6, 6.07) is 14.8. The molecule has 2 aromatic rings. The van der Waals surface area contributed by atoms with E-state index in [2.05, 4.69) is 55.8 Å². The number of nitrogens with one attached hydrogen (secondary N) is 2. The van der Waals surface area contributed by atoms with E-state index in [-0.39, 0.29) is 56.2 Å². The van der Waals surface area contributed by atoms with Gasteiger partial charge in [0.05, 0.1) is 9.81 Å². The predicted molar refractivity (Wildman–Crippen MR) is 176 cm³/mol. The minimum atomic E-state index is -0.431. The lowest BCUT2D eigenvalue weighted by molar-refractivity contribution is -0.125. The maximum atomic E-state index is 13.1. The van der Waals surface area contributed by atoms with Crippen LogP contribution in [0.15, 0.2) is 58.3 Å². The van der Waals surface area contributed by atoms with E-state index in [9.17, 15) is 19.2 Å². The second-order valence-corrected chi connectivity index (χ2v) is 13.7. The number of carbonyl (C=O) groups excluding carboxylic acids is 4. The Kier molecular flexibility index (Phi) is 10.2. The van der Waals surface area contributed by atoms with Gasteiger partial charge in [0.15, 0.2) is 0 Å². The van der Waals surface area contributed by atoms with Gasteiger partial charge in [0.25, 0.3) is 11.8 Å². The number of nitrogens with zero attached hydrogens (tertiary/aromatic N) is 2. The number of carbonyl (C=O) groups is 4. The van der Waals surface area contributed by atoms with Crippen LogP contribution in [0.4, 0.5) is 11.4 Å². The van der Waals surface area contributed by atoms with Crippen molar-refractivity contribution >= 4 is 137 Å². The van der Waals surface area contributed by atoms with Crippen molar-refractivity contribution in [1.82, 2.24) is 9.80 Å². The lowest BCUT2D eigenvalue weighted by atomic mass is 10.3. The monoisotopic (exact) mass is 808 g/mol. The van der Waals surface area contributed by atoms with Crippen molar-refractivity contribution in [3.8, 4) is 0 Å². The molecule has 38 heavy (non-hydrogen) atoms. The highest BCUT2D eigenvalue weighted by Gasteiger charge is 2.42. The Hall–Kier alpha value is -1.60. The first-order chi connectivity index (χ1) is 18.1. The van der Waals surface area contributed by atoms with E-state index in [1.165, 1.54) is 9.80 Å². The third-order valence-corrected chi connectivity index (χ3v) is 9.61. The normalized spacial score (nSPS) is 17.4. The van der Waals surface area contributed by atoms with Crippen molar-refractivity contribution in [2.75, 3.05) is 23.7 Å². The quantitative estimate of drug-likeness (QED) is 0.214. The molecule has 196 valence electrons. The Morgan fingerprint density at radius 2 is 1.13 bits per heavy atom. The van der Waals surface area contributed by atoms with Gasteiger partial charge in [-0.1, -0.05) is 60.1 Å². The van der Waals surface area contributed by atoms with E-state index >= 15 is 0 Å². The van der Waals surface area contributed by atoms with Gasteiger partial charge in [-0.15, -0.1) is 0 Å². The van der Waals surface area contributed by atoms with Crippen LogP contribution < -0.4 is 10.6 Å². The number of benzene rings is 2. The van der Waals surface area contributed by atoms with Gasteiger partial charge in [-0.05, 0) is 81.6 Å². The molecule has 2 aliphatic heterocycles. The van der Waals surface area contributed by atoms with Gasteiger partial charge in [0.2, 0.25) is 11.8 Å². The lowest BCUT2D eigenvalue weighted by Gasteiger charge is -2.15. The lowest BCUT2D eigenvalue weighted by Crippen LogP contribution is -2.33. The second kappa shape index (κ2) is 13.2. The first-order valence-electron chi connectivity index (χ1n) is 11.0. The van der Waals surface area contributed by atoms with Crippen molar-refractivity contribution in [3.05, 3.63) is 65.5 Å². The largest absolute Gasteiger partial charge is 0.326 e. The van der Waals surface area contributed by atoms with Crippen LogP contribution in [0, 0.1) is 7.14 Å².